The molecule has 2 N–H and O–H groups in total. The number of carbonyl (C=O) groups is 1. The number of aromatic amines is 1. The van der Waals surface area contributed by atoms with Crippen molar-refractivity contribution >= 4 is 5.91 Å². The third kappa shape index (κ3) is 2.21. The van der Waals surface area contributed by atoms with Gasteiger partial charge in [0, 0.05) is 31.3 Å². The van der Waals surface area contributed by atoms with Gasteiger partial charge in [0.05, 0.1) is 0 Å². The molecule has 2 fully saturated rings. The van der Waals surface area contributed by atoms with E-state index in [1.807, 2.05) is 6.20 Å². The summed E-state index contributed by atoms with van der Waals surface area (Å²) in [5.41, 5.74) is 0. The number of H-pyrrole nitrogens is 1. The Bertz CT molecular complexity index is 375. The summed E-state index contributed by atoms with van der Waals surface area (Å²) in [7, 11) is 0. The number of imidazole rings is 1. The Morgan fingerprint density at radius 2 is 2.18 bits per heavy atom. The number of hydrogen-bond acceptors (Lipinski definition) is 2. The molecular formula is C13H19N3O. The molecule has 92 valence electrons. The summed E-state index contributed by atoms with van der Waals surface area (Å²) in [6.07, 6.45) is 9.51. The standard InChI is InChI=1S/C13H19N3O/c17-13(12-9-3-1-2-4-10(9)12)16-6-5-11-14-7-8-15-11/h7-10,12H,1-6H2,(H,14,15)(H,16,17). The summed E-state index contributed by atoms with van der Waals surface area (Å²) in [5, 5.41) is 3.04. The molecule has 1 heterocycles. The van der Waals surface area contributed by atoms with Crippen molar-refractivity contribution in [3.63, 3.8) is 0 Å². The Kier molecular flexibility index (Phi) is 2.87. The van der Waals surface area contributed by atoms with Crippen LogP contribution >= 0.6 is 0 Å². The van der Waals surface area contributed by atoms with Crippen LogP contribution < -0.4 is 5.32 Å². The van der Waals surface area contributed by atoms with Crippen LogP contribution in [0.2, 0.25) is 0 Å². The number of nitrogens with one attached hydrogen (secondary N) is 2. The minimum absolute atomic E-state index is 0.272. The molecule has 2 unspecified atom stereocenters. The zero-order chi connectivity index (χ0) is 11.7. The van der Waals surface area contributed by atoms with Gasteiger partial charge in [0.25, 0.3) is 0 Å². The molecule has 0 spiro atoms. The van der Waals surface area contributed by atoms with E-state index in [0.717, 1.165) is 12.2 Å². The van der Waals surface area contributed by atoms with Crippen LogP contribution in [0, 0.1) is 17.8 Å². The van der Waals surface area contributed by atoms with Crippen molar-refractivity contribution in [1.29, 1.82) is 0 Å². The van der Waals surface area contributed by atoms with Crippen molar-refractivity contribution in [2.45, 2.75) is 32.1 Å². The van der Waals surface area contributed by atoms with Gasteiger partial charge in [-0.15, -0.1) is 0 Å². The Balaban J connectivity index is 1.42. The lowest BCUT2D eigenvalue weighted by atomic mass is 10.0. The number of hydrogen-bond donors (Lipinski definition) is 2. The second-order valence-corrected chi connectivity index (χ2v) is 5.21. The molecule has 1 amide bonds. The molecule has 2 aliphatic carbocycles. The first-order chi connectivity index (χ1) is 8.36. The quantitative estimate of drug-likeness (QED) is 0.828. The van der Waals surface area contributed by atoms with Crippen molar-refractivity contribution in [1.82, 2.24) is 15.3 Å². The zero-order valence-electron chi connectivity index (χ0n) is 9.98. The Morgan fingerprint density at radius 3 is 2.82 bits per heavy atom. The van der Waals surface area contributed by atoms with E-state index in [1.54, 1.807) is 6.20 Å². The molecule has 1 aromatic rings. The molecule has 2 atom stereocenters. The lowest BCUT2D eigenvalue weighted by Crippen LogP contribution is -2.28. The second kappa shape index (κ2) is 4.51. The monoisotopic (exact) mass is 233 g/mol. The van der Waals surface area contributed by atoms with E-state index in [4.69, 9.17) is 0 Å². The SMILES string of the molecule is O=C(NCCc1ncc[nH]1)C1C2CCCCC21. The molecular weight excluding hydrogens is 214 g/mol. The average Bonchev–Trinajstić information content (AvgIpc) is 2.85. The van der Waals surface area contributed by atoms with Gasteiger partial charge < -0.3 is 10.3 Å². The fraction of sp³-hybridized carbons (Fsp3) is 0.692. The lowest BCUT2D eigenvalue weighted by Gasteiger charge is -2.04. The molecule has 4 heteroatoms. The van der Waals surface area contributed by atoms with Gasteiger partial charge in [-0.05, 0) is 24.7 Å². The van der Waals surface area contributed by atoms with Crippen LogP contribution in [0.25, 0.3) is 0 Å². The third-order valence-electron chi connectivity index (χ3n) is 4.18. The topological polar surface area (TPSA) is 57.8 Å². The molecule has 17 heavy (non-hydrogen) atoms. The van der Waals surface area contributed by atoms with Crippen molar-refractivity contribution in [3.05, 3.63) is 18.2 Å². The highest BCUT2D eigenvalue weighted by Crippen LogP contribution is 2.55. The normalized spacial score (nSPS) is 30.7. The van der Waals surface area contributed by atoms with Gasteiger partial charge in [-0.3, -0.25) is 4.79 Å². The van der Waals surface area contributed by atoms with Gasteiger partial charge in [-0.1, -0.05) is 12.8 Å². The zero-order valence-corrected chi connectivity index (χ0v) is 9.98. The Labute approximate surface area is 101 Å². The first kappa shape index (κ1) is 10.8. The van der Waals surface area contributed by atoms with Crippen LogP contribution in [0.5, 0.6) is 0 Å². The van der Waals surface area contributed by atoms with Gasteiger partial charge in [0.15, 0.2) is 0 Å². The van der Waals surface area contributed by atoms with Crippen molar-refractivity contribution in [3.8, 4) is 0 Å². The fourth-order valence-electron chi connectivity index (χ4n) is 3.24. The molecule has 0 aliphatic heterocycles. The van der Waals surface area contributed by atoms with Crippen molar-refractivity contribution < 1.29 is 4.79 Å². The maximum atomic E-state index is 12.0. The predicted molar refractivity (Wildman–Crippen MR) is 64.2 cm³/mol. The summed E-state index contributed by atoms with van der Waals surface area (Å²) in [6, 6.07) is 0. The summed E-state index contributed by atoms with van der Waals surface area (Å²) >= 11 is 0. The van der Waals surface area contributed by atoms with Crippen LogP contribution in [0.4, 0.5) is 0 Å². The van der Waals surface area contributed by atoms with Crippen molar-refractivity contribution in [2.75, 3.05) is 6.54 Å². The summed E-state index contributed by atoms with van der Waals surface area (Å²) in [6.45, 7) is 0.697. The fourth-order valence-corrected chi connectivity index (χ4v) is 3.24. The highest BCUT2D eigenvalue weighted by molar-refractivity contribution is 5.82. The molecule has 3 rings (SSSR count). The minimum Gasteiger partial charge on any atom is -0.355 e. The number of aromatic nitrogens is 2. The van der Waals surface area contributed by atoms with E-state index in [1.165, 1.54) is 25.7 Å². The van der Waals surface area contributed by atoms with E-state index in [0.29, 0.717) is 24.3 Å². The number of amides is 1. The Morgan fingerprint density at radius 1 is 1.41 bits per heavy atom. The molecule has 0 radical (unpaired) electrons. The average molecular weight is 233 g/mol. The summed E-state index contributed by atoms with van der Waals surface area (Å²) in [4.78, 5) is 19.1. The largest absolute Gasteiger partial charge is 0.355 e. The van der Waals surface area contributed by atoms with E-state index in [-0.39, 0.29) is 5.91 Å². The second-order valence-electron chi connectivity index (χ2n) is 5.21. The van der Waals surface area contributed by atoms with Crippen LogP contribution in [0.3, 0.4) is 0 Å². The van der Waals surface area contributed by atoms with E-state index in [9.17, 15) is 4.79 Å². The molecule has 2 aliphatic rings. The molecule has 1 aromatic heterocycles. The van der Waals surface area contributed by atoms with E-state index < -0.39 is 0 Å². The summed E-state index contributed by atoms with van der Waals surface area (Å²) in [5.74, 6) is 2.95. The molecule has 0 bridgehead atoms. The molecule has 0 aromatic carbocycles. The van der Waals surface area contributed by atoms with Gasteiger partial charge in [-0.2, -0.15) is 0 Å². The number of fused-ring (bicyclic) bond motifs is 1. The predicted octanol–water partition coefficient (Wildman–Crippen LogP) is 1.50. The van der Waals surface area contributed by atoms with Crippen molar-refractivity contribution in [2.24, 2.45) is 17.8 Å². The highest BCUT2D eigenvalue weighted by atomic mass is 16.2. The maximum Gasteiger partial charge on any atom is 0.223 e. The lowest BCUT2D eigenvalue weighted by molar-refractivity contribution is -0.122. The number of carbonyl (C=O) groups excluding carboxylic acids is 1. The minimum atomic E-state index is 0.272. The number of nitrogens with zero attached hydrogens (tertiary/aromatic N) is 1. The van der Waals surface area contributed by atoms with Gasteiger partial charge >= 0.3 is 0 Å². The van der Waals surface area contributed by atoms with E-state index >= 15 is 0 Å². The molecule has 2 saturated carbocycles. The molecule has 0 saturated heterocycles. The first-order valence-electron chi connectivity index (χ1n) is 6.62. The Hall–Kier alpha value is -1.32. The van der Waals surface area contributed by atoms with Gasteiger partial charge in [-0.25, -0.2) is 4.98 Å². The van der Waals surface area contributed by atoms with Crippen LogP contribution in [0.1, 0.15) is 31.5 Å². The van der Waals surface area contributed by atoms with Crippen LogP contribution in [-0.2, 0) is 11.2 Å². The van der Waals surface area contributed by atoms with E-state index in [2.05, 4.69) is 15.3 Å². The third-order valence-corrected chi connectivity index (χ3v) is 4.18. The maximum absolute atomic E-state index is 12.0. The number of rotatable bonds is 4. The van der Waals surface area contributed by atoms with Crippen LogP contribution in [0.15, 0.2) is 12.4 Å². The summed E-state index contributed by atoms with van der Waals surface area (Å²) < 4.78 is 0. The first-order valence-corrected chi connectivity index (χ1v) is 6.62. The highest BCUT2D eigenvalue weighted by Gasteiger charge is 2.54. The van der Waals surface area contributed by atoms with Crippen LogP contribution in [-0.4, -0.2) is 22.4 Å². The smallest absolute Gasteiger partial charge is 0.223 e. The molecule has 4 nitrogen and oxygen atoms in total. The van der Waals surface area contributed by atoms with Gasteiger partial charge in [0.1, 0.15) is 5.82 Å². The van der Waals surface area contributed by atoms with Gasteiger partial charge in [0.2, 0.25) is 5.91 Å².